The number of thioether (sulfide) groups is 1. The predicted molar refractivity (Wildman–Crippen MR) is 77.0 cm³/mol. The number of hydrogen-bond donors (Lipinski definition) is 1. The van der Waals surface area contributed by atoms with E-state index in [1.54, 1.807) is 0 Å². The summed E-state index contributed by atoms with van der Waals surface area (Å²) < 4.78 is 2.25. The quantitative estimate of drug-likeness (QED) is 0.846. The van der Waals surface area contributed by atoms with Crippen molar-refractivity contribution in [3.05, 3.63) is 5.82 Å². The van der Waals surface area contributed by atoms with Crippen molar-refractivity contribution < 1.29 is 9.90 Å². The average molecular weight is 295 g/mol. The number of aliphatic carboxylic acids is 1. The maximum absolute atomic E-state index is 10.8. The van der Waals surface area contributed by atoms with Crippen LogP contribution in [0.15, 0.2) is 5.16 Å². The monoisotopic (exact) mass is 295 g/mol. The van der Waals surface area contributed by atoms with E-state index >= 15 is 0 Å². The van der Waals surface area contributed by atoms with Crippen molar-refractivity contribution in [2.75, 3.05) is 5.75 Å². The van der Waals surface area contributed by atoms with Gasteiger partial charge in [0.1, 0.15) is 5.82 Å². The summed E-state index contributed by atoms with van der Waals surface area (Å²) in [7, 11) is 0. The fraction of sp³-hybridized carbons (Fsp3) is 0.786. The zero-order valence-corrected chi connectivity index (χ0v) is 12.8. The minimum Gasteiger partial charge on any atom is -0.481 e. The highest BCUT2D eigenvalue weighted by molar-refractivity contribution is 7.99. The summed E-state index contributed by atoms with van der Waals surface area (Å²) >= 11 is 1.30. The Labute approximate surface area is 123 Å². The molecule has 2 fully saturated rings. The number of carboxylic acids is 1. The van der Waals surface area contributed by atoms with Crippen LogP contribution in [0.2, 0.25) is 0 Å². The molecule has 110 valence electrons. The van der Waals surface area contributed by atoms with Crippen LogP contribution in [-0.2, 0) is 4.79 Å². The highest BCUT2D eigenvalue weighted by Gasteiger charge is 2.42. The van der Waals surface area contributed by atoms with Crippen molar-refractivity contribution in [3.63, 3.8) is 0 Å². The Morgan fingerprint density at radius 3 is 2.75 bits per heavy atom. The lowest BCUT2D eigenvalue weighted by molar-refractivity contribution is -0.133. The van der Waals surface area contributed by atoms with Crippen LogP contribution in [0.25, 0.3) is 0 Å². The minimum absolute atomic E-state index is 0.0526. The molecule has 1 heterocycles. The summed E-state index contributed by atoms with van der Waals surface area (Å²) in [5.41, 5.74) is 0. The lowest BCUT2D eigenvalue weighted by Gasteiger charge is -2.26. The van der Waals surface area contributed by atoms with E-state index in [1.165, 1.54) is 37.4 Å². The van der Waals surface area contributed by atoms with Gasteiger partial charge in [-0.25, -0.2) is 0 Å². The Hall–Kier alpha value is -1.04. The molecule has 3 rings (SSSR count). The second-order valence-corrected chi connectivity index (χ2v) is 7.23. The summed E-state index contributed by atoms with van der Waals surface area (Å²) in [6.07, 6.45) is 5.19. The molecule has 0 saturated heterocycles. The van der Waals surface area contributed by atoms with Crippen LogP contribution in [0.3, 0.4) is 0 Å². The zero-order valence-electron chi connectivity index (χ0n) is 12.0. The number of aromatic nitrogens is 3. The number of carbonyl (C=O) groups is 1. The van der Waals surface area contributed by atoms with Gasteiger partial charge in [-0.05, 0) is 31.1 Å². The van der Waals surface area contributed by atoms with E-state index in [2.05, 4.69) is 28.6 Å². The molecule has 1 N–H and O–H groups in total. The van der Waals surface area contributed by atoms with Gasteiger partial charge in [0.15, 0.2) is 5.16 Å². The van der Waals surface area contributed by atoms with Crippen molar-refractivity contribution in [2.45, 2.75) is 56.6 Å². The fourth-order valence-electron chi connectivity index (χ4n) is 3.75. The molecule has 0 aliphatic heterocycles. The van der Waals surface area contributed by atoms with Crippen molar-refractivity contribution in [2.24, 2.45) is 11.8 Å². The zero-order chi connectivity index (χ0) is 14.3. The molecule has 2 saturated carbocycles. The van der Waals surface area contributed by atoms with Gasteiger partial charge in [0, 0.05) is 12.0 Å². The van der Waals surface area contributed by atoms with Gasteiger partial charge in [0.25, 0.3) is 0 Å². The van der Waals surface area contributed by atoms with Gasteiger partial charge in [-0.15, -0.1) is 10.2 Å². The van der Waals surface area contributed by atoms with Crippen LogP contribution >= 0.6 is 11.8 Å². The molecule has 1 aromatic heterocycles. The molecule has 0 radical (unpaired) electrons. The maximum Gasteiger partial charge on any atom is 0.313 e. The van der Waals surface area contributed by atoms with E-state index in [-0.39, 0.29) is 5.75 Å². The minimum atomic E-state index is -0.802. The van der Waals surface area contributed by atoms with Gasteiger partial charge < -0.3 is 9.67 Å². The molecule has 2 aliphatic rings. The first-order chi connectivity index (χ1) is 9.56. The van der Waals surface area contributed by atoms with Crippen LogP contribution in [-0.4, -0.2) is 31.6 Å². The van der Waals surface area contributed by atoms with Crippen LogP contribution in [0.4, 0.5) is 0 Å². The van der Waals surface area contributed by atoms with Crippen LogP contribution < -0.4 is 0 Å². The van der Waals surface area contributed by atoms with Gasteiger partial charge in [0.2, 0.25) is 0 Å². The van der Waals surface area contributed by atoms with Crippen molar-refractivity contribution in [1.29, 1.82) is 0 Å². The van der Waals surface area contributed by atoms with E-state index in [1.807, 2.05) is 0 Å². The maximum atomic E-state index is 10.8. The third-order valence-corrected chi connectivity index (χ3v) is 5.49. The van der Waals surface area contributed by atoms with Gasteiger partial charge in [0.05, 0.1) is 5.75 Å². The van der Waals surface area contributed by atoms with Gasteiger partial charge in [-0.1, -0.05) is 32.0 Å². The van der Waals surface area contributed by atoms with E-state index in [4.69, 9.17) is 5.11 Å². The summed E-state index contributed by atoms with van der Waals surface area (Å²) in [6, 6.07) is 0.484. The van der Waals surface area contributed by atoms with E-state index in [0.29, 0.717) is 12.0 Å². The van der Waals surface area contributed by atoms with Crippen LogP contribution in [0.5, 0.6) is 0 Å². The van der Waals surface area contributed by atoms with Crippen molar-refractivity contribution in [1.82, 2.24) is 14.8 Å². The lowest BCUT2D eigenvalue weighted by Crippen LogP contribution is -2.20. The van der Waals surface area contributed by atoms with E-state index in [0.717, 1.165) is 22.8 Å². The van der Waals surface area contributed by atoms with Gasteiger partial charge in [-0.2, -0.15) is 0 Å². The molecule has 5 nitrogen and oxygen atoms in total. The molecule has 3 atom stereocenters. The topological polar surface area (TPSA) is 68.0 Å². The first-order valence-corrected chi connectivity index (χ1v) is 8.34. The molecule has 20 heavy (non-hydrogen) atoms. The number of carboxylic acid groups (broad SMARTS) is 1. The Balaban J connectivity index is 1.89. The Bertz CT molecular complexity index is 515. The molecule has 0 aromatic carbocycles. The Kier molecular flexibility index (Phi) is 3.75. The molecule has 0 spiro atoms. The SMILES string of the molecule is CC(C)c1nnc(SCC(=O)O)n1C1CC2CCC1C2. The molecule has 6 heteroatoms. The highest BCUT2D eigenvalue weighted by atomic mass is 32.2. The second-order valence-electron chi connectivity index (χ2n) is 6.29. The number of nitrogens with zero attached hydrogens (tertiary/aromatic N) is 3. The largest absolute Gasteiger partial charge is 0.481 e. The van der Waals surface area contributed by atoms with Crippen molar-refractivity contribution in [3.8, 4) is 0 Å². The number of fused-ring (bicyclic) bond motifs is 2. The average Bonchev–Trinajstić information content (AvgIpc) is 3.09. The molecular weight excluding hydrogens is 274 g/mol. The lowest BCUT2D eigenvalue weighted by atomic mass is 9.95. The summed E-state index contributed by atoms with van der Waals surface area (Å²) in [4.78, 5) is 10.8. The first-order valence-electron chi connectivity index (χ1n) is 7.35. The standard InChI is InChI=1S/C14H21N3O2S/c1-8(2)13-15-16-14(20-7-12(18)19)17(13)11-6-9-3-4-10(11)5-9/h8-11H,3-7H2,1-2H3,(H,18,19). The summed E-state index contributed by atoms with van der Waals surface area (Å²) in [5, 5.41) is 18.2. The van der Waals surface area contributed by atoms with E-state index < -0.39 is 5.97 Å². The molecule has 2 bridgehead atoms. The third kappa shape index (κ3) is 2.45. The molecule has 0 amide bonds. The van der Waals surface area contributed by atoms with Crippen LogP contribution in [0, 0.1) is 11.8 Å². The second kappa shape index (κ2) is 5.39. The van der Waals surface area contributed by atoms with Gasteiger partial charge >= 0.3 is 5.97 Å². The van der Waals surface area contributed by atoms with Crippen LogP contribution in [0.1, 0.15) is 57.3 Å². The number of hydrogen-bond acceptors (Lipinski definition) is 4. The van der Waals surface area contributed by atoms with Gasteiger partial charge in [-0.3, -0.25) is 4.79 Å². The first kappa shape index (κ1) is 13.9. The smallest absolute Gasteiger partial charge is 0.313 e. The molecular formula is C14H21N3O2S. The molecule has 1 aromatic rings. The summed E-state index contributed by atoms with van der Waals surface area (Å²) in [5.74, 6) is 2.17. The highest BCUT2D eigenvalue weighted by Crippen LogP contribution is 2.52. The fourth-order valence-corrected chi connectivity index (χ4v) is 4.46. The molecule has 3 unspecified atom stereocenters. The number of rotatable bonds is 5. The normalized spacial score (nSPS) is 28.4. The summed E-state index contributed by atoms with van der Waals surface area (Å²) in [6.45, 7) is 4.25. The molecule has 2 aliphatic carbocycles. The predicted octanol–water partition coefficient (Wildman–Crippen LogP) is 2.94. The Morgan fingerprint density at radius 1 is 1.40 bits per heavy atom. The Morgan fingerprint density at radius 2 is 2.20 bits per heavy atom. The van der Waals surface area contributed by atoms with E-state index in [9.17, 15) is 4.79 Å². The van der Waals surface area contributed by atoms with Crippen molar-refractivity contribution >= 4 is 17.7 Å². The third-order valence-electron chi connectivity index (χ3n) is 4.56.